The van der Waals surface area contributed by atoms with Gasteiger partial charge in [0, 0.05) is 18.2 Å². The first-order chi connectivity index (χ1) is 10.6. The van der Waals surface area contributed by atoms with Crippen LogP contribution in [0.1, 0.15) is 31.2 Å². The lowest BCUT2D eigenvalue weighted by Crippen LogP contribution is -2.33. The summed E-state index contributed by atoms with van der Waals surface area (Å²) >= 11 is 8.94. The molecule has 2 rings (SSSR count). The zero-order valence-electron chi connectivity index (χ0n) is 12.8. The van der Waals surface area contributed by atoms with Crippen molar-refractivity contribution in [2.45, 2.75) is 38.3 Å². The summed E-state index contributed by atoms with van der Waals surface area (Å²) in [7, 11) is 1.60. The summed E-state index contributed by atoms with van der Waals surface area (Å²) in [6.07, 6.45) is 5.07. The van der Waals surface area contributed by atoms with Gasteiger partial charge in [0.1, 0.15) is 6.23 Å². The molecule has 0 spiro atoms. The van der Waals surface area contributed by atoms with Crippen molar-refractivity contribution in [2.24, 2.45) is 0 Å². The average molecular weight is 408 g/mol. The summed E-state index contributed by atoms with van der Waals surface area (Å²) in [6, 6.07) is 8.34. The number of ether oxygens (including phenoxy) is 1. The Morgan fingerprint density at radius 1 is 1.36 bits per heavy atom. The second-order valence-corrected chi connectivity index (χ2v) is 9.46. The third kappa shape index (κ3) is 6.36. The van der Waals surface area contributed by atoms with Gasteiger partial charge in [-0.2, -0.15) is 0 Å². The molecule has 7 heteroatoms. The van der Waals surface area contributed by atoms with E-state index in [9.17, 15) is 0 Å². The first kappa shape index (κ1) is 18.5. The number of benzene rings is 1. The maximum absolute atomic E-state index is 5.83. The highest BCUT2D eigenvalue weighted by molar-refractivity contribution is 9.10. The molecule has 1 N–H and O–H groups in total. The maximum atomic E-state index is 5.83. The lowest BCUT2D eigenvalue weighted by molar-refractivity contribution is 0.00563. The highest BCUT2D eigenvalue weighted by atomic mass is 79.9. The molecule has 1 aromatic rings. The Balaban J connectivity index is 1.72. The molecular formula is C15H23BrNO3PS. The summed E-state index contributed by atoms with van der Waals surface area (Å²) in [5.41, 5.74) is 1.29. The van der Waals surface area contributed by atoms with E-state index in [-0.39, 0.29) is 6.23 Å². The van der Waals surface area contributed by atoms with Crippen molar-refractivity contribution >= 4 is 34.4 Å². The van der Waals surface area contributed by atoms with Gasteiger partial charge in [0.2, 0.25) is 0 Å². The number of nitrogens with one attached hydrogen (secondary N) is 1. The van der Waals surface area contributed by atoms with Crippen molar-refractivity contribution in [1.29, 1.82) is 0 Å². The molecule has 0 aliphatic carbocycles. The molecule has 2 atom stereocenters. The molecule has 1 saturated heterocycles. The third-order valence-electron chi connectivity index (χ3n) is 3.51. The average Bonchev–Trinajstić information content (AvgIpc) is 2.54. The van der Waals surface area contributed by atoms with Crippen LogP contribution in [0, 0.1) is 0 Å². The topological polar surface area (TPSA) is 39.7 Å². The van der Waals surface area contributed by atoms with Gasteiger partial charge in [-0.25, -0.2) is 5.09 Å². The molecule has 1 heterocycles. The van der Waals surface area contributed by atoms with E-state index >= 15 is 0 Å². The molecule has 0 saturated carbocycles. The van der Waals surface area contributed by atoms with Crippen LogP contribution in [-0.2, 0) is 32.0 Å². The summed E-state index contributed by atoms with van der Waals surface area (Å²) in [4.78, 5) is 0. The van der Waals surface area contributed by atoms with Gasteiger partial charge >= 0.3 is 0 Å². The minimum absolute atomic E-state index is 0.0361. The second-order valence-electron chi connectivity index (χ2n) is 5.23. The van der Waals surface area contributed by atoms with Gasteiger partial charge in [0.05, 0.1) is 6.61 Å². The van der Waals surface area contributed by atoms with E-state index in [1.807, 2.05) is 0 Å². The van der Waals surface area contributed by atoms with Crippen LogP contribution in [0.5, 0.6) is 0 Å². The third-order valence-corrected chi connectivity index (χ3v) is 6.72. The number of halogens is 1. The molecule has 124 valence electrons. The zero-order chi connectivity index (χ0) is 15.8. The van der Waals surface area contributed by atoms with Crippen molar-refractivity contribution in [3.8, 4) is 0 Å². The number of hydrogen-bond acceptors (Lipinski definition) is 4. The molecule has 22 heavy (non-hydrogen) atoms. The SMILES string of the molecule is COP(=S)(NC1CCCCO1)OCCCc1ccc(Br)cc1. The van der Waals surface area contributed by atoms with Gasteiger partial charge in [0.25, 0.3) is 6.64 Å². The zero-order valence-corrected chi connectivity index (χ0v) is 16.1. The monoisotopic (exact) mass is 407 g/mol. The van der Waals surface area contributed by atoms with Crippen LogP contribution in [0.2, 0.25) is 0 Å². The smallest absolute Gasteiger partial charge is 0.263 e. The van der Waals surface area contributed by atoms with Gasteiger partial charge in [-0.15, -0.1) is 0 Å². The molecule has 2 unspecified atom stereocenters. The van der Waals surface area contributed by atoms with Crippen LogP contribution in [-0.4, -0.2) is 26.6 Å². The minimum Gasteiger partial charge on any atom is -0.363 e. The van der Waals surface area contributed by atoms with Crippen LogP contribution in [0.15, 0.2) is 28.7 Å². The number of hydrogen-bond donors (Lipinski definition) is 1. The predicted octanol–water partition coefficient (Wildman–Crippen LogP) is 4.39. The standard InChI is InChI=1S/C15H23BrNO3PS/c1-18-21(22,17-15-6-2-3-11-19-15)20-12-4-5-13-7-9-14(16)10-8-13/h7-10,15H,2-6,11-12H2,1H3,(H,17,22). The van der Waals surface area contributed by atoms with Crippen molar-refractivity contribution in [1.82, 2.24) is 5.09 Å². The Kier molecular flexibility index (Phi) is 7.98. The lowest BCUT2D eigenvalue weighted by Gasteiger charge is -2.29. The molecule has 1 fully saturated rings. The number of aryl methyl sites for hydroxylation is 1. The molecule has 0 bridgehead atoms. The lowest BCUT2D eigenvalue weighted by atomic mass is 10.1. The maximum Gasteiger partial charge on any atom is 0.263 e. The van der Waals surface area contributed by atoms with Crippen LogP contribution >= 0.6 is 22.6 Å². The second kappa shape index (κ2) is 9.48. The van der Waals surface area contributed by atoms with Crippen LogP contribution < -0.4 is 5.09 Å². The Bertz CT molecular complexity index is 494. The van der Waals surface area contributed by atoms with E-state index < -0.39 is 6.64 Å². The highest BCUT2D eigenvalue weighted by Gasteiger charge is 2.24. The molecular weight excluding hydrogens is 385 g/mol. The molecule has 1 aliphatic rings. The Morgan fingerprint density at radius 2 is 2.14 bits per heavy atom. The van der Waals surface area contributed by atoms with Crippen molar-refractivity contribution in [3.05, 3.63) is 34.3 Å². The highest BCUT2D eigenvalue weighted by Crippen LogP contribution is 2.44. The Morgan fingerprint density at radius 3 is 2.77 bits per heavy atom. The summed E-state index contributed by atoms with van der Waals surface area (Å²) in [5.74, 6) is 0. The van der Waals surface area contributed by atoms with Crippen molar-refractivity contribution in [3.63, 3.8) is 0 Å². The summed E-state index contributed by atoms with van der Waals surface area (Å²) in [5, 5.41) is 3.24. The molecule has 1 aromatic carbocycles. The molecule has 0 radical (unpaired) electrons. The molecule has 0 aromatic heterocycles. The van der Waals surface area contributed by atoms with Crippen LogP contribution in [0.3, 0.4) is 0 Å². The van der Waals surface area contributed by atoms with Gasteiger partial charge in [-0.3, -0.25) is 0 Å². The molecule has 4 nitrogen and oxygen atoms in total. The first-order valence-corrected chi connectivity index (χ1v) is 11.0. The van der Waals surface area contributed by atoms with Gasteiger partial charge in [-0.1, -0.05) is 28.1 Å². The number of rotatable bonds is 8. The van der Waals surface area contributed by atoms with Gasteiger partial charge in [-0.05, 0) is 61.6 Å². The fraction of sp³-hybridized carbons (Fsp3) is 0.600. The van der Waals surface area contributed by atoms with E-state index in [1.165, 1.54) is 5.56 Å². The summed E-state index contributed by atoms with van der Waals surface area (Å²) in [6.45, 7) is -1.08. The fourth-order valence-corrected chi connectivity index (χ4v) is 4.33. The van der Waals surface area contributed by atoms with E-state index in [0.29, 0.717) is 6.61 Å². The van der Waals surface area contributed by atoms with E-state index in [1.54, 1.807) is 7.11 Å². The quantitative estimate of drug-likeness (QED) is 0.511. The Hall–Kier alpha value is 0.190. The normalized spacial score (nSPS) is 21.5. The van der Waals surface area contributed by atoms with Crippen molar-refractivity contribution < 1.29 is 13.8 Å². The van der Waals surface area contributed by atoms with Gasteiger partial charge < -0.3 is 13.8 Å². The predicted molar refractivity (Wildman–Crippen MR) is 96.4 cm³/mol. The fourth-order valence-electron chi connectivity index (χ4n) is 2.27. The minimum atomic E-state index is -2.45. The van der Waals surface area contributed by atoms with Crippen LogP contribution in [0.25, 0.3) is 0 Å². The van der Waals surface area contributed by atoms with E-state index in [4.69, 9.17) is 25.6 Å². The molecule has 0 amide bonds. The largest absolute Gasteiger partial charge is 0.363 e. The van der Waals surface area contributed by atoms with Crippen molar-refractivity contribution in [2.75, 3.05) is 20.3 Å². The van der Waals surface area contributed by atoms with E-state index in [0.717, 1.165) is 43.2 Å². The Labute approximate surface area is 146 Å². The van der Waals surface area contributed by atoms with E-state index in [2.05, 4.69) is 45.3 Å². The van der Waals surface area contributed by atoms with Crippen LogP contribution in [0.4, 0.5) is 0 Å². The van der Waals surface area contributed by atoms with Gasteiger partial charge in [0.15, 0.2) is 0 Å². The molecule has 1 aliphatic heterocycles. The summed E-state index contributed by atoms with van der Waals surface area (Å²) < 4.78 is 18.0. The first-order valence-electron chi connectivity index (χ1n) is 7.55.